The Morgan fingerprint density at radius 3 is 2.90 bits per heavy atom. The summed E-state index contributed by atoms with van der Waals surface area (Å²) in [7, 11) is 0. The highest BCUT2D eigenvalue weighted by atomic mass is 32.1. The lowest BCUT2D eigenvalue weighted by molar-refractivity contribution is 0.103. The summed E-state index contributed by atoms with van der Waals surface area (Å²) in [6, 6.07) is 9.66. The van der Waals surface area contributed by atoms with Gasteiger partial charge in [0.2, 0.25) is 0 Å². The zero-order chi connectivity index (χ0) is 14.1. The minimum Gasteiger partial charge on any atom is -0.321 e. The van der Waals surface area contributed by atoms with Crippen LogP contribution in [0.3, 0.4) is 0 Å². The van der Waals surface area contributed by atoms with Crippen LogP contribution in [0.5, 0.6) is 0 Å². The summed E-state index contributed by atoms with van der Waals surface area (Å²) in [4.78, 5) is 17.0. The monoisotopic (exact) mass is 286 g/mol. The summed E-state index contributed by atoms with van der Waals surface area (Å²) in [5.41, 5.74) is 2.00. The third kappa shape index (κ3) is 2.40. The number of anilines is 1. The van der Waals surface area contributed by atoms with Crippen LogP contribution in [0, 0.1) is 12.7 Å². The summed E-state index contributed by atoms with van der Waals surface area (Å²) in [6.07, 6.45) is 0. The molecule has 0 saturated heterocycles. The van der Waals surface area contributed by atoms with Crippen LogP contribution in [0.25, 0.3) is 10.9 Å². The summed E-state index contributed by atoms with van der Waals surface area (Å²) < 4.78 is 13.4. The van der Waals surface area contributed by atoms with E-state index < -0.39 is 0 Å². The molecule has 0 fully saturated rings. The van der Waals surface area contributed by atoms with Crippen molar-refractivity contribution in [2.45, 2.75) is 6.92 Å². The van der Waals surface area contributed by atoms with E-state index in [9.17, 15) is 9.18 Å². The lowest BCUT2D eigenvalue weighted by Gasteiger charge is -2.09. The van der Waals surface area contributed by atoms with Crippen molar-refractivity contribution in [1.29, 1.82) is 0 Å². The van der Waals surface area contributed by atoms with Gasteiger partial charge in [0.1, 0.15) is 5.82 Å². The van der Waals surface area contributed by atoms with E-state index in [0.29, 0.717) is 21.5 Å². The topological polar surface area (TPSA) is 42.0 Å². The molecule has 0 saturated carbocycles. The van der Waals surface area contributed by atoms with Crippen LogP contribution in [-0.4, -0.2) is 10.9 Å². The Morgan fingerprint density at radius 2 is 2.15 bits per heavy atom. The van der Waals surface area contributed by atoms with E-state index >= 15 is 0 Å². The summed E-state index contributed by atoms with van der Waals surface area (Å²) in [5, 5.41) is 5.26. The standard InChI is InChI=1S/C15H11FN2OS/c1-9-7-13(18-15(19)14-3-2-6-20-14)11-8-10(16)4-5-12(11)17-9/h2-8H,1H3,(H,17,18,19). The van der Waals surface area contributed by atoms with Gasteiger partial charge in [-0.2, -0.15) is 0 Å². The summed E-state index contributed by atoms with van der Waals surface area (Å²) >= 11 is 1.36. The molecule has 0 bridgehead atoms. The normalized spacial score (nSPS) is 10.7. The van der Waals surface area contributed by atoms with Crippen LogP contribution in [0.2, 0.25) is 0 Å². The number of pyridine rings is 1. The average Bonchev–Trinajstić information content (AvgIpc) is 2.93. The number of amides is 1. The maximum absolute atomic E-state index is 13.4. The molecular formula is C15H11FN2OS. The van der Waals surface area contributed by atoms with Gasteiger partial charge in [-0.15, -0.1) is 11.3 Å². The van der Waals surface area contributed by atoms with Gasteiger partial charge in [-0.25, -0.2) is 4.39 Å². The number of hydrogen-bond acceptors (Lipinski definition) is 3. The maximum atomic E-state index is 13.4. The fraction of sp³-hybridized carbons (Fsp3) is 0.0667. The predicted molar refractivity (Wildman–Crippen MR) is 78.7 cm³/mol. The van der Waals surface area contributed by atoms with E-state index in [1.54, 1.807) is 18.2 Å². The van der Waals surface area contributed by atoms with Crippen LogP contribution in [0.1, 0.15) is 15.4 Å². The van der Waals surface area contributed by atoms with Crippen molar-refractivity contribution in [2.75, 3.05) is 5.32 Å². The number of thiophene rings is 1. The van der Waals surface area contributed by atoms with Gasteiger partial charge in [-0.05, 0) is 42.6 Å². The Morgan fingerprint density at radius 1 is 1.30 bits per heavy atom. The Balaban J connectivity index is 2.06. The number of nitrogens with zero attached hydrogens (tertiary/aromatic N) is 1. The van der Waals surface area contributed by atoms with Gasteiger partial charge in [0, 0.05) is 11.1 Å². The molecule has 1 aromatic carbocycles. The van der Waals surface area contributed by atoms with Gasteiger partial charge in [-0.1, -0.05) is 6.07 Å². The zero-order valence-corrected chi connectivity index (χ0v) is 11.5. The number of carbonyl (C=O) groups excluding carboxylic acids is 1. The molecule has 3 nitrogen and oxygen atoms in total. The molecule has 5 heteroatoms. The van der Waals surface area contributed by atoms with Crippen LogP contribution >= 0.6 is 11.3 Å². The number of benzene rings is 1. The third-order valence-corrected chi connectivity index (χ3v) is 3.76. The molecule has 1 amide bonds. The van der Waals surface area contributed by atoms with Crippen LogP contribution in [0.4, 0.5) is 10.1 Å². The highest BCUT2D eigenvalue weighted by molar-refractivity contribution is 7.12. The molecule has 0 radical (unpaired) electrons. The maximum Gasteiger partial charge on any atom is 0.265 e. The number of nitrogens with one attached hydrogen (secondary N) is 1. The van der Waals surface area contributed by atoms with Gasteiger partial charge in [-0.3, -0.25) is 9.78 Å². The van der Waals surface area contributed by atoms with Crippen molar-refractivity contribution in [3.8, 4) is 0 Å². The van der Waals surface area contributed by atoms with E-state index in [0.717, 1.165) is 5.69 Å². The molecule has 1 N–H and O–H groups in total. The van der Waals surface area contributed by atoms with Crippen molar-refractivity contribution in [1.82, 2.24) is 4.98 Å². The van der Waals surface area contributed by atoms with E-state index in [4.69, 9.17) is 0 Å². The van der Waals surface area contributed by atoms with E-state index in [1.165, 1.54) is 23.5 Å². The molecule has 0 aliphatic carbocycles. The van der Waals surface area contributed by atoms with Gasteiger partial charge >= 0.3 is 0 Å². The number of hydrogen-bond donors (Lipinski definition) is 1. The minimum absolute atomic E-state index is 0.198. The minimum atomic E-state index is -0.352. The molecule has 2 aromatic heterocycles. The Bertz CT molecular complexity index is 784. The van der Waals surface area contributed by atoms with Crippen molar-refractivity contribution in [2.24, 2.45) is 0 Å². The van der Waals surface area contributed by atoms with Crippen molar-refractivity contribution < 1.29 is 9.18 Å². The number of fused-ring (bicyclic) bond motifs is 1. The second-order valence-electron chi connectivity index (χ2n) is 4.40. The quantitative estimate of drug-likeness (QED) is 0.773. The summed E-state index contributed by atoms with van der Waals surface area (Å²) in [5.74, 6) is -0.550. The second-order valence-corrected chi connectivity index (χ2v) is 5.35. The van der Waals surface area contributed by atoms with E-state index in [-0.39, 0.29) is 11.7 Å². The highest BCUT2D eigenvalue weighted by Gasteiger charge is 2.11. The van der Waals surface area contributed by atoms with Crippen LogP contribution in [-0.2, 0) is 0 Å². The molecule has 0 aliphatic heterocycles. The molecule has 20 heavy (non-hydrogen) atoms. The fourth-order valence-electron chi connectivity index (χ4n) is 2.03. The SMILES string of the molecule is Cc1cc(NC(=O)c2cccs2)c2cc(F)ccc2n1. The van der Waals surface area contributed by atoms with Crippen molar-refractivity contribution >= 4 is 33.8 Å². The fourth-order valence-corrected chi connectivity index (χ4v) is 2.64. The van der Waals surface area contributed by atoms with Gasteiger partial charge in [0.25, 0.3) is 5.91 Å². The number of rotatable bonds is 2. The number of aryl methyl sites for hydroxylation is 1. The van der Waals surface area contributed by atoms with E-state index in [2.05, 4.69) is 10.3 Å². The van der Waals surface area contributed by atoms with Crippen LogP contribution < -0.4 is 5.32 Å². The largest absolute Gasteiger partial charge is 0.321 e. The third-order valence-electron chi connectivity index (χ3n) is 2.89. The molecule has 0 unspecified atom stereocenters. The summed E-state index contributed by atoms with van der Waals surface area (Å²) in [6.45, 7) is 1.84. The first-order chi connectivity index (χ1) is 9.63. The molecule has 2 heterocycles. The molecule has 0 aliphatic rings. The Labute approximate surface area is 119 Å². The lowest BCUT2D eigenvalue weighted by atomic mass is 10.1. The number of halogens is 1. The van der Waals surface area contributed by atoms with Crippen molar-refractivity contribution in [3.63, 3.8) is 0 Å². The number of aromatic nitrogens is 1. The molecule has 3 aromatic rings. The average molecular weight is 286 g/mol. The molecular weight excluding hydrogens is 275 g/mol. The van der Waals surface area contributed by atoms with E-state index in [1.807, 2.05) is 18.4 Å². The van der Waals surface area contributed by atoms with Crippen molar-refractivity contribution in [3.05, 3.63) is 58.2 Å². The Kier molecular flexibility index (Phi) is 3.20. The Hall–Kier alpha value is -2.27. The molecule has 3 rings (SSSR count). The second kappa shape index (κ2) is 5.02. The molecule has 0 spiro atoms. The first-order valence-electron chi connectivity index (χ1n) is 6.05. The first-order valence-corrected chi connectivity index (χ1v) is 6.93. The van der Waals surface area contributed by atoms with Crippen LogP contribution in [0.15, 0.2) is 41.8 Å². The first kappa shape index (κ1) is 12.7. The lowest BCUT2D eigenvalue weighted by Crippen LogP contribution is -2.11. The molecule has 0 atom stereocenters. The number of carbonyl (C=O) groups is 1. The van der Waals surface area contributed by atoms with Gasteiger partial charge in [0.15, 0.2) is 0 Å². The highest BCUT2D eigenvalue weighted by Crippen LogP contribution is 2.25. The molecule has 100 valence electrons. The predicted octanol–water partition coefficient (Wildman–Crippen LogP) is 4.00. The van der Waals surface area contributed by atoms with Gasteiger partial charge < -0.3 is 5.32 Å². The zero-order valence-electron chi connectivity index (χ0n) is 10.7. The van der Waals surface area contributed by atoms with Gasteiger partial charge in [0.05, 0.1) is 16.1 Å². The smallest absolute Gasteiger partial charge is 0.265 e.